The Kier molecular flexibility index (Phi) is 6.05. The molecule has 11 rings (SSSR count). The number of fused-ring (bicyclic) bond motifs is 9. The standard InChI is InChI=1S/C49H31NO/c1-2-12-31(13-3-1)49-40-18-5-4-15-36(40)42-28-32(23-26-41(42)49)33-22-25-38-37-16-7-10-20-45(37)50(46(38)30-33)44-19-9-6-14-35(44)34-24-27-48-43(29-34)39-17-8-11-21-47(39)51-48/h1-30,49H. The number of hydrogen-bond donors (Lipinski definition) is 0. The monoisotopic (exact) mass is 649 g/mol. The molecule has 51 heavy (non-hydrogen) atoms. The molecule has 0 saturated heterocycles. The first-order valence-corrected chi connectivity index (χ1v) is 17.6. The predicted octanol–water partition coefficient (Wildman–Crippen LogP) is 13.2. The van der Waals surface area contributed by atoms with Crippen molar-refractivity contribution in [3.8, 4) is 39.1 Å². The predicted molar refractivity (Wildman–Crippen MR) is 212 cm³/mol. The summed E-state index contributed by atoms with van der Waals surface area (Å²) >= 11 is 0. The Morgan fingerprint density at radius 1 is 0.373 bits per heavy atom. The molecular weight excluding hydrogens is 619 g/mol. The van der Waals surface area contributed by atoms with Gasteiger partial charge in [-0.05, 0) is 87.0 Å². The van der Waals surface area contributed by atoms with Crippen LogP contribution in [-0.2, 0) is 0 Å². The zero-order chi connectivity index (χ0) is 33.5. The van der Waals surface area contributed by atoms with Gasteiger partial charge in [0.2, 0.25) is 0 Å². The molecule has 2 nitrogen and oxygen atoms in total. The summed E-state index contributed by atoms with van der Waals surface area (Å²) < 4.78 is 8.64. The second-order valence-electron chi connectivity index (χ2n) is 13.6. The van der Waals surface area contributed by atoms with Crippen molar-refractivity contribution in [1.29, 1.82) is 0 Å². The third-order valence-electron chi connectivity index (χ3n) is 10.9. The van der Waals surface area contributed by atoms with Crippen LogP contribution in [0.4, 0.5) is 0 Å². The van der Waals surface area contributed by atoms with Crippen LogP contribution in [0.15, 0.2) is 186 Å². The minimum Gasteiger partial charge on any atom is -0.456 e. The Balaban J connectivity index is 1.10. The second kappa shape index (κ2) is 10.9. The van der Waals surface area contributed by atoms with E-state index in [9.17, 15) is 0 Å². The number of para-hydroxylation sites is 3. The van der Waals surface area contributed by atoms with Crippen molar-refractivity contribution < 1.29 is 4.42 Å². The van der Waals surface area contributed by atoms with Crippen molar-refractivity contribution in [3.63, 3.8) is 0 Å². The molecule has 0 bridgehead atoms. The summed E-state index contributed by atoms with van der Waals surface area (Å²) in [4.78, 5) is 0. The van der Waals surface area contributed by atoms with Crippen LogP contribution in [0.5, 0.6) is 0 Å². The number of nitrogens with zero attached hydrogens (tertiary/aromatic N) is 1. The third kappa shape index (κ3) is 4.23. The molecule has 10 aromatic rings. The van der Waals surface area contributed by atoms with Gasteiger partial charge >= 0.3 is 0 Å². The van der Waals surface area contributed by atoms with Crippen LogP contribution in [0, 0.1) is 0 Å². The molecule has 1 aliphatic carbocycles. The van der Waals surface area contributed by atoms with Crippen LogP contribution in [0.2, 0.25) is 0 Å². The maximum atomic E-state index is 6.19. The summed E-state index contributed by atoms with van der Waals surface area (Å²) in [7, 11) is 0. The van der Waals surface area contributed by atoms with Crippen LogP contribution in [0.25, 0.3) is 82.8 Å². The molecule has 0 amide bonds. The minimum absolute atomic E-state index is 0.243. The van der Waals surface area contributed by atoms with Gasteiger partial charge in [0.1, 0.15) is 11.2 Å². The van der Waals surface area contributed by atoms with E-state index in [2.05, 4.69) is 174 Å². The van der Waals surface area contributed by atoms with Gasteiger partial charge in [-0.3, -0.25) is 0 Å². The lowest BCUT2D eigenvalue weighted by Gasteiger charge is -2.15. The summed E-state index contributed by atoms with van der Waals surface area (Å²) in [5.41, 5.74) is 16.9. The van der Waals surface area contributed by atoms with Crippen LogP contribution < -0.4 is 0 Å². The zero-order valence-corrected chi connectivity index (χ0v) is 27.8. The maximum Gasteiger partial charge on any atom is 0.135 e. The number of aromatic nitrogens is 1. The Morgan fingerprint density at radius 3 is 1.94 bits per heavy atom. The Hall–Kier alpha value is -6.64. The smallest absolute Gasteiger partial charge is 0.135 e. The van der Waals surface area contributed by atoms with Crippen molar-refractivity contribution in [2.45, 2.75) is 5.92 Å². The highest BCUT2D eigenvalue weighted by Gasteiger charge is 2.30. The van der Waals surface area contributed by atoms with E-state index in [-0.39, 0.29) is 5.92 Å². The minimum atomic E-state index is 0.243. The number of benzene rings is 8. The van der Waals surface area contributed by atoms with Crippen molar-refractivity contribution in [2.75, 3.05) is 0 Å². The van der Waals surface area contributed by atoms with Crippen LogP contribution in [-0.4, -0.2) is 4.57 Å². The van der Waals surface area contributed by atoms with Crippen molar-refractivity contribution in [1.82, 2.24) is 4.57 Å². The number of rotatable bonds is 4. The van der Waals surface area contributed by atoms with E-state index >= 15 is 0 Å². The van der Waals surface area contributed by atoms with E-state index in [4.69, 9.17) is 4.42 Å². The molecule has 1 unspecified atom stereocenters. The highest BCUT2D eigenvalue weighted by molar-refractivity contribution is 6.11. The summed E-state index contributed by atoms with van der Waals surface area (Å²) in [6.07, 6.45) is 0. The molecule has 2 aromatic heterocycles. The Bertz CT molecular complexity index is 2980. The van der Waals surface area contributed by atoms with Gasteiger partial charge in [-0.1, -0.05) is 140 Å². The molecule has 8 aromatic carbocycles. The highest BCUT2D eigenvalue weighted by atomic mass is 16.3. The SMILES string of the molecule is c1ccc(C2c3ccccc3-c3cc(-c4ccc5c6ccccc6n(-c6ccccc6-c6ccc7oc8ccccc8c7c6)c5c4)ccc32)cc1. The van der Waals surface area contributed by atoms with E-state index in [1.165, 1.54) is 66.3 Å². The molecule has 0 radical (unpaired) electrons. The van der Waals surface area contributed by atoms with E-state index in [0.29, 0.717) is 0 Å². The molecule has 0 spiro atoms. The fraction of sp³-hybridized carbons (Fsp3) is 0.0204. The van der Waals surface area contributed by atoms with Crippen LogP contribution >= 0.6 is 0 Å². The second-order valence-corrected chi connectivity index (χ2v) is 13.6. The molecule has 0 aliphatic heterocycles. The average molecular weight is 650 g/mol. The lowest BCUT2D eigenvalue weighted by Crippen LogP contribution is -1.98. The van der Waals surface area contributed by atoms with Gasteiger partial charge in [0.25, 0.3) is 0 Å². The quantitative estimate of drug-likeness (QED) is 0.186. The van der Waals surface area contributed by atoms with E-state index in [1.807, 2.05) is 12.1 Å². The van der Waals surface area contributed by atoms with Crippen molar-refractivity contribution in [3.05, 3.63) is 199 Å². The number of hydrogen-bond acceptors (Lipinski definition) is 1. The average Bonchev–Trinajstić information content (AvgIpc) is 3.85. The molecular formula is C49H31NO. The van der Waals surface area contributed by atoms with E-state index in [1.54, 1.807) is 0 Å². The Morgan fingerprint density at radius 2 is 1.02 bits per heavy atom. The first kappa shape index (κ1) is 28.2. The molecule has 2 heteroatoms. The van der Waals surface area contributed by atoms with Gasteiger partial charge in [-0.25, -0.2) is 0 Å². The molecule has 0 saturated carbocycles. The highest BCUT2D eigenvalue weighted by Crippen LogP contribution is 2.49. The van der Waals surface area contributed by atoms with E-state index in [0.717, 1.165) is 33.2 Å². The first-order valence-electron chi connectivity index (χ1n) is 17.6. The topological polar surface area (TPSA) is 18.1 Å². The van der Waals surface area contributed by atoms with Gasteiger partial charge in [-0.2, -0.15) is 0 Å². The molecule has 2 heterocycles. The van der Waals surface area contributed by atoms with E-state index < -0.39 is 0 Å². The zero-order valence-electron chi connectivity index (χ0n) is 27.8. The van der Waals surface area contributed by atoms with Crippen LogP contribution in [0.3, 0.4) is 0 Å². The Labute approximate surface area is 295 Å². The van der Waals surface area contributed by atoms with Crippen molar-refractivity contribution >= 4 is 43.7 Å². The molecule has 238 valence electrons. The summed E-state index contributed by atoms with van der Waals surface area (Å²) in [6, 6.07) is 66.3. The van der Waals surface area contributed by atoms with Gasteiger partial charge in [-0.15, -0.1) is 0 Å². The summed E-state index contributed by atoms with van der Waals surface area (Å²) in [6.45, 7) is 0. The largest absolute Gasteiger partial charge is 0.456 e. The first-order chi connectivity index (χ1) is 25.3. The lowest BCUT2D eigenvalue weighted by molar-refractivity contribution is 0.669. The molecule has 1 atom stereocenters. The van der Waals surface area contributed by atoms with Gasteiger partial charge < -0.3 is 8.98 Å². The normalized spacial score (nSPS) is 13.7. The molecule has 0 fully saturated rings. The molecule has 1 aliphatic rings. The number of furan rings is 1. The molecule has 0 N–H and O–H groups in total. The maximum absolute atomic E-state index is 6.19. The van der Waals surface area contributed by atoms with Gasteiger partial charge in [0.15, 0.2) is 0 Å². The van der Waals surface area contributed by atoms with Crippen molar-refractivity contribution in [2.24, 2.45) is 0 Å². The van der Waals surface area contributed by atoms with Gasteiger partial charge in [0, 0.05) is 33.0 Å². The fourth-order valence-electron chi connectivity index (χ4n) is 8.60. The van der Waals surface area contributed by atoms with Gasteiger partial charge in [0.05, 0.1) is 16.7 Å². The lowest BCUT2D eigenvalue weighted by atomic mass is 9.89. The van der Waals surface area contributed by atoms with Crippen LogP contribution in [0.1, 0.15) is 22.6 Å². The summed E-state index contributed by atoms with van der Waals surface area (Å²) in [5, 5.41) is 4.77. The fourth-order valence-corrected chi connectivity index (χ4v) is 8.60. The summed E-state index contributed by atoms with van der Waals surface area (Å²) in [5.74, 6) is 0.243. The third-order valence-corrected chi connectivity index (χ3v) is 10.9.